The van der Waals surface area contributed by atoms with E-state index in [1.54, 1.807) is 0 Å². The van der Waals surface area contributed by atoms with Gasteiger partial charge in [0.1, 0.15) is 12.2 Å². The molecule has 47 heavy (non-hydrogen) atoms. The molecule has 0 radical (unpaired) electrons. The molecule has 0 unspecified atom stereocenters. The molecule has 1 heterocycles. The topological polar surface area (TPSA) is 168 Å². The Morgan fingerprint density at radius 2 is 1.28 bits per heavy atom. The van der Waals surface area contributed by atoms with E-state index in [-0.39, 0.29) is 38.4 Å². The van der Waals surface area contributed by atoms with Crippen molar-refractivity contribution in [2.45, 2.75) is 57.9 Å². The summed E-state index contributed by atoms with van der Waals surface area (Å²) in [5.41, 5.74) is 2.63. The van der Waals surface area contributed by atoms with E-state index < -0.39 is 41.9 Å². The zero-order valence-corrected chi connectivity index (χ0v) is 27.0. The van der Waals surface area contributed by atoms with Crippen LogP contribution in [0.4, 0.5) is 15.5 Å². The molecular formula is C36H43N5O6-2. The van der Waals surface area contributed by atoms with Crippen LogP contribution in [0.5, 0.6) is 0 Å². The van der Waals surface area contributed by atoms with E-state index in [0.717, 1.165) is 26.5 Å². The third-order valence-electron chi connectivity index (χ3n) is 7.85. The Kier molecular flexibility index (Phi) is 12.1. The van der Waals surface area contributed by atoms with Gasteiger partial charge in [0.25, 0.3) is 0 Å². The van der Waals surface area contributed by atoms with Crippen molar-refractivity contribution in [3.63, 3.8) is 0 Å². The van der Waals surface area contributed by atoms with Gasteiger partial charge in [-0.2, -0.15) is 0 Å². The molecule has 0 fully saturated rings. The number of nitrogens with one attached hydrogen (secondary N) is 2. The summed E-state index contributed by atoms with van der Waals surface area (Å²) in [6, 6.07) is 25.9. The number of imidazole rings is 1. The van der Waals surface area contributed by atoms with Crippen LogP contribution in [0.3, 0.4) is 0 Å². The third-order valence-corrected chi connectivity index (χ3v) is 7.85. The average Bonchev–Trinajstić information content (AvgIpc) is 3.52. The summed E-state index contributed by atoms with van der Waals surface area (Å²) in [4.78, 5) is 34.3. The predicted octanol–water partition coefficient (Wildman–Crippen LogP) is 2.45. The molecule has 3 aromatic carbocycles. The molecule has 11 heteroatoms. The van der Waals surface area contributed by atoms with Crippen molar-refractivity contribution >= 4 is 18.1 Å². The molecule has 4 N–H and O–H groups in total. The van der Waals surface area contributed by atoms with Crippen LogP contribution in [0.1, 0.15) is 31.9 Å². The first-order valence-electron chi connectivity index (χ1n) is 15.7. The van der Waals surface area contributed by atoms with Crippen molar-refractivity contribution in [1.82, 2.24) is 20.2 Å². The van der Waals surface area contributed by atoms with Gasteiger partial charge in [-0.25, -0.2) is 4.98 Å². The number of carbonyl (C=O) groups is 2. The molecule has 4 aromatic rings. The first-order chi connectivity index (χ1) is 22.4. The highest BCUT2D eigenvalue weighted by molar-refractivity contribution is 5.83. The van der Waals surface area contributed by atoms with Gasteiger partial charge in [-0.05, 0) is 34.9 Å². The van der Waals surface area contributed by atoms with Crippen molar-refractivity contribution in [1.29, 1.82) is 0 Å². The van der Waals surface area contributed by atoms with E-state index in [1.165, 1.54) is 6.20 Å². The van der Waals surface area contributed by atoms with Gasteiger partial charge in [-0.1, -0.05) is 112 Å². The molecule has 0 bridgehead atoms. The number of hydrogen-bond acceptors (Lipinski definition) is 8. The molecule has 1 aromatic heterocycles. The van der Waals surface area contributed by atoms with E-state index in [4.69, 9.17) is 0 Å². The number of carbonyl (C=O) groups excluding carboxylic acids is 2. The number of H-pyrrole nitrogens is 1. The number of amides is 2. The van der Waals surface area contributed by atoms with Crippen molar-refractivity contribution < 1.29 is 30.0 Å². The summed E-state index contributed by atoms with van der Waals surface area (Å²) in [6.07, 6.45) is -3.48. The Bertz CT molecular complexity index is 1540. The molecule has 0 saturated carbocycles. The maximum atomic E-state index is 12.6. The second kappa shape index (κ2) is 16.2. The largest absolute Gasteiger partial charge is 0.530 e. The molecule has 4 atom stereocenters. The SMILES string of the molecule is CC(C)(C)CN(C(=O)[O-])[C@@H](Cc1ccccc1)[C@H](O)CNC[C@@H](O)[C@H](Cc1ccccc1)N(C(=O)[O-])c1ncc(-c2ccccc2)[nH]1. The predicted molar refractivity (Wildman–Crippen MR) is 176 cm³/mol. The summed E-state index contributed by atoms with van der Waals surface area (Å²) in [5, 5.41) is 50.8. The molecule has 0 spiro atoms. The van der Waals surface area contributed by atoms with Gasteiger partial charge in [0, 0.05) is 19.6 Å². The molecule has 0 aliphatic rings. The lowest BCUT2D eigenvalue weighted by atomic mass is 9.92. The number of aliphatic hydroxyl groups excluding tert-OH is 2. The Morgan fingerprint density at radius 1 is 0.787 bits per heavy atom. The lowest BCUT2D eigenvalue weighted by Gasteiger charge is -2.41. The van der Waals surface area contributed by atoms with Gasteiger partial charge in [0.05, 0.1) is 36.2 Å². The zero-order valence-electron chi connectivity index (χ0n) is 27.0. The summed E-state index contributed by atoms with van der Waals surface area (Å²) < 4.78 is 0. The van der Waals surface area contributed by atoms with Gasteiger partial charge >= 0.3 is 0 Å². The van der Waals surface area contributed by atoms with Crippen molar-refractivity contribution in [3.05, 3.63) is 108 Å². The fourth-order valence-electron chi connectivity index (χ4n) is 5.62. The lowest BCUT2D eigenvalue weighted by Crippen LogP contribution is -2.58. The monoisotopic (exact) mass is 641 g/mol. The van der Waals surface area contributed by atoms with Gasteiger partial charge in [-0.15, -0.1) is 0 Å². The fourth-order valence-corrected chi connectivity index (χ4v) is 5.62. The number of rotatable bonds is 15. The number of hydrogen-bond donors (Lipinski definition) is 4. The minimum absolute atomic E-state index is 0.00132. The maximum absolute atomic E-state index is 12.6. The van der Waals surface area contributed by atoms with Gasteiger partial charge in [0.2, 0.25) is 5.95 Å². The summed E-state index contributed by atoms with van der Waals surface area (Å²) in [7, 11) is 0. The molecule has 11 nitrogen and oxygen atoms in total. The molecule has 0 aliphatic carbocycles. The number of aromatic nitrogens is 2. The van der Waals surface area contributed by atoms with Crippen LogP contribution in [0.25, 0.3) is 11.3 Å². The average molecular weight is 642 g/mol. The summed E-state index contributed by atoms with van der Waals surface area (Å²) in [5.74, 6) is -0.00132. The van der Waals surface area contributed by atoms with Crippen LogP contribution >= 0.6 is 0 Å². The van der Waals surface area contributed by atoms with E-state index in [9.17, 15) is 30.0 Å². The molecule has 0 aliphatic heterocycles. The number of aromatic amines is 1. The van der Waals surface area contributed by atoms with Crippen molar-refractivity contribution in [2.75, 3.05) is 24.5 Å². The molecule has 250 valence electrons. The molecular weight excluding hydrogens is 598 g/mol. The highest BCUT2D eigenvalue weighted by Gasteiger charge is 2.32. The number of carboxylic acid groups (broad SMARTS) is 2. The Labute approximate surface area is 275 Å². The number of benzene rings is 3. The number of aliphatic hydroxyl groups is 2. The van der Waals surface area contributed by atoms with Gasteiger partial charge in [-0.3, -0.25) is 4.90 Å². The van der Waals surface area contributed by atoms with Crippen LogP contribution in [-0.4, -0.2) is 81.2 Å². The van der Waals surface area contributed by atoms with Crippen LogP contribution in [0, 0.1) is 5.41 Å². The quantitative estimate of drug-likeness (QED) is 0.154. The van der Waals surface area contributed by atoms with Crippen LogP contribution in [0.2, 0.25) is 0 Å². The second-order valence-corrected chi connectivity index (χ2v) is 12.9. The summed E-state index contributed by atoms with van der Waals surface area (Å²) >= 11 is 0. The fraction of sp³-hybridized carbons (Fsp3) is 0.361. The normalized spacial score (nSPS) is 14.1. The molecule has 4 rings (SSSR count). The Morgan fingerprint density at radius 3 is 1.77 bits per heavy atom. The van der Waals surface area contributed by atoms with Crippen LogP contribution in [-0.2, 0) is 12.8 Å². The second-order valence-electron chi connectivity index (χ2n) is 12.9. The highest BCUT2D eigenvalue weighted by Crippen LogP contribution is 2.24. The van der Waals surface area contributed by atoms with Crippen LogP contribution < -0.4 is 20.4 Å². The molecule has 2 amide bonds. The molecule has 0 saturated heterocycles. The van der Waals surface area contributed by atoms with E-state index >= 15 is 0 Å². The van der Waals surface area contributed by atoms with Crippen molar-refractivity contribution in [3.8, 4) is 11.3 Å². The zero-order chi connectivity index (χ0) is 34.0. The van der Waals surface area contributed by atoms with Gasteiger partial charge < -0.3 is 45.2 Å². The summed E-state index contributed by atoms with van der Waals surface area (Å²) in [6.45, 7) is 5.65. The van der Waals surface area contributed by atoms with E-state index in [2.05, 4.69) is 15.3 Å². The smallest absolute Gasteiger partial charge is 0.209 e. The van der Waals surface area contributed by atoms with Crippen molar-refractivity contribution in [2.24, 2.45) is 5.41 Å². The number of nitrogens with zero attached hydrogens (tertiary/aromatic N) is 3. The minimum atomic E-state index is -1.55. The first-order valence-corrected chi connectivity index (χ1v) is 15.7. The minimum Gasteiger partial charge on any atom is -0.530 e. The van der Waals surface area contributed by atoms with E-state index in [1.807, 2.05) is 112 Å². The Hall–Kier alpha value is -4.71. The van der Waals surface area contributed by atoms with Gasteiger partial charge in [0.15, 0.2) is 0 Å². The van der Waals surface area contributed by atoms with E-state index in [0.29, 0.717) is 5.69 Å². The maximum Gasteiger partial charge on any atom is 0.209 e. The third kappa shape index (κ3) is 10.1. The standard InChI is InChI=1S/C36H45N5O6/c1-36(2,3)24-40(34(44)45)29(19-25-13-7-4-8-14-25)31(42)22-37-23-32(43)30(20-26-15-9-5-10-16-26)41(35(46)47)33-38-21-28(39-33)27-17-11-6-12-18-27/h4-18,21,29-32,37,42-43H,19-20,22-24H2,1-3H3,(H,38,39)(H,44,45)(H,46,47)/p-2/t29-,30-,31+,32+/m0/s1. The van der Waals surface area contributed by atoms with Crippen LogP contribution in [0.15, 0.2) is 97.2 Å². The first kappa shape index (κ1) is 35.1. The lowest BCUT2D eigenvalue weighted by molar-refractivity contribution is -0.271. The number of anilines is 1. The highest BCUT2D eigenvalue weighted by atomic mass is 16.4. The Balaban J connectivity index is 1.54.